The Morgan fingerprint density at radius 3 is 2.88 bits per heavy atom. The highest BCUT2D eigenvalue weighted by molar-refractivity contribution is 8.22. The molecular weight excluding hydrogens is 368 g/mol. The van der Waals surface area contributed by atoms with Gasteiger partial charge in [0.25, 0.3) is 0 Å². The van der Waals surface area contributed by atoms with E-state index in [9.17, 15) is 9.59 Å². The van der Waals surface area contributed by atoms with Crippen molar-refractivity contribution in [2.24, 2.45) is 0 Å². The fourth-order valence-corrected chi connectivity index (χ4v) is 3.32. The van der Waals surface area contributed by atoms with Crippen LogP contribution in [-0.4, -0.2) is 20.8 Å². The van der Waals surface area contributed by atoms with Gasteiger partial charge in [0, 0.05) is 36.5 Å². The van der Waals surface area contributed by atoms with Crippen molar-refractivity contribution in [2.75, 3.05) is 5.75 Å². The number of hydrogen-bond acceptors (Lipinski definition) is 6. The molecule has 0 aliphatic rings. The number of thioether (sulfide) groups is 1. The lowest BCUT2D eigenvalue weighted by atomic mass is 10.1. The van der Waals surface area contributed by atoms with Crippen LogP contribution in [0.1, 0.15) is 22.3 Å². The van der Waals surface area contributed by atoms with Crippen molar-refractivity contribution in [3.05, 3.63) is 76.4 Å². The standard InChI is InChI=1S/C19H16N2O3S2/c22-16(15-10-14-5-1-2-6-17(14)24-18(15)23)7-9-26-19(25)21-12-13-4-3-8-20-11-13/h1-6,8,10-11H,7,9,12H2,(H,21,25). The van der Waals surface area contributed by atoms with Crippen molar-refractivity contribution >= 4 is 45.1 Å². The molecule has 0 amide bonds. The Bertz CT molecular complexity index is 987. The second-order valence-electron chi connectivity index (χ2n) is 5.51. The molecule has 1 N–H and O–H groups in total. The number of thiocarbonyl (C=S) groups is 1. The fraction of sp³-hybridized carbons (Fsp3) is 0.158. The number of aromatic nitrogens is 1. The number of nitrogens with one attached hydrogen (secondary N) is 1. The van der Waals surface area contributed by atoms with Gasteiger partial charge in [-0.2, -0.15) is 0 Å². The van der Waals surface area contributed by atoms with Gasteiger partial charge in [-0.25, -0.2) is 4.79 Å². The van der Waals surface area contributed by atoms with Gasteiger partial charge >= 0.3 is 5.63 Å². The Labute approximate surface area is 159 Å². The van der Waals surface area contributed by atoms with Crippen molar-refractivity contribution in [2.45, 2.75) is 13.0 Å². The van der Waals surface area contributed by atoms with Crippen LogP contribution in [0.15, 0.2) is 64.1 Å². The van der Waals surface area contributed by atoms with Gasteiger partial charge < -0.3 is 9.73 Å². The lowest BCUT2D eigenvalue weighted by Crippen LogP contribution is -2.19. The summed E-state index contributed by atoms with van der Waals surface area (Å²) < 4.78 is 5.81. The number of carbonyl (C=O) groups excluding carboxylic acids is 1. The highest BCUT2D eigenvalue weighted by Gasteiger charge is 2.13. The zero-order chi connectivity index (χ0) is 18.4. The van der Waals surface area contributed by atoms with E-state index in [4.69, 9.17) is 16.6 Å². The van der Waals surface area contributed by atoms with Crippen LogP contribution >= 0.6 is 24.0 Å². The van der Waals surface area contributed by atoms with Crippen LogP contribution in [0.5, 0.6) is 0 Å². The third-order valence-corrected chi connectivity index (χ3v) is 4.98. The monoisotopic (exact) mass is 384 g/mol. The van der Waals surface area contributed by atoms with E-state index < -0.39 is 5.63 Å². The summed E-state index contributed by atoms with van der Waals surface area (Å²) in [6.07, 6.45) is 3.69. The lowest BCUT2D eigenvalue weighted by molar-refractivity contribution is 0.0986. The summed E-state index contributed by atoms with van der Waals surface area (Å²) in [5, 5.41) is 3.84. The number of Topliss-reactive ketones (excluding diaryl/α,β-unsaturated/α-hetero) is 1. The normalized spacial score (nSPS) is 10.6. The molecule has 0 aliphatic carbocycles. The zero-order valence-corrected chi connectivity index (χ0v) is 15.4. The van der Waals surface area contributed by atoms with Gasteiger partial charge in [-0.15, -0.1) is 0 Å². The van der Waals surface area contributed by atoms with E-state index in [0.717, 1.165) is 10.9 Å². The van der Waals surface area contributed by atoms with Crippen LogP contribution < -0.4 is 10.9 Å². The number of rotatable bonds is 6. The Balaban J connectivity index is 1.52. The molecule has 0 saturated carbocycles. The van der Waals surface area contributed by atoms with Gasteiger partial charge in [-0.1, -0.05) is 48.2 Å². The summed E-state index contributed by atoms with van der Waals surface area (Å²) in [4.78, 5) is 28.4. The largest absolute Gasteiger partial charge is 0.422 e. The van der Waals surface area contributed by atoms with E-state index in [0.29, 0.717) is 22.2 Å². The molecule has 2 heterocycles. The van der Waals surface area contributed by atoms with Crippen LogP contribution in [0.4, 0.5) is 0 Å². The molecule has 0 aliphatic heterocycles. The highest BCUT2D eigenvalue weighted by atomic mass is 32.2. The Hall–Kier alpha value is -2.51. The summed E-state index contributed by atoms with van der Waals surface area (Å²) in [5.41, 5.74) is 0.985. The smallest absolute Gasteiger partial charge is 0.347 e. The van der Waals surface area contributed by atoms with Crippen LogP contribution in [0.3, 0.4) is 0 Å². The molecule has 26 heavy (non-hydrogen) atoms. The van der Waals surface area contributed by atoms with Crippen LogP contribution in [-0.2, 0) is 6.54 Å². The molecule has 3 rings (SSSR count). The SMILES string of the molecule is O=C(CCSC(=S)NCc1cccnc1)c1cc2ccccc2oc1=O. The van der Waals surface area contributed by atoms with Gasteiger partial charge in [0.05, 0.1) is 0 Å². The maximum absolute atomic E-state index is 12.3. The minimum absolute atomic E-state index is 0.0820. The molecule has 0 fully saturated rings. The third kappa shape index (κ3) is 4.77. The molecule has 0 saturated heterocycles. The maximum atomic E-state index is 12.3. The molecule has 3 aromatic rings. The average Bonchev–Trinajstić information content (AvgIpc) is 2.66. The predicted molar refractivity (Wildman–Crippen MR) is 108 cm³/mol. The van der Waals surface area contributed by atoms with E-state index in [-0.39, 0.29) is 17.8 Å². The number of fused-ring (bicyclic) bond motifs is 1. The van der Waals surface area contributed by atoms with E-state index in [1.54, 1.807) is 36.7 Å². The number of hydrogen-bond donors (Lipinski definition) is 1. The first kappa shape index (κ1) is 18.3. The van der Waals surface area contributed by atoms with Crippen molar-refractivity contribution in [1.29, 1.82) is 0 Å². The highest BCUT2D eigenvalue weighted by Crippen LogP contribution is 2.14. The van der Waals surface area contributed by atoms with Crippen LogP contribution in [0.25, 0.3) is 11.0 Å². The van der Waals surface area contributed by atoms with Gasteiger partial charge in [0.2, 0.25) is 0 Å². The maximum Gasteiger partial charge on any atom is 0.347 e. The van der Waals surface area contributed by atoms with Crippen LogP contribution in [0, 0.1) is 0 Å². The summed E-state index contributed by atoms with van der Waals surface area (Å²) in [5.74, 6) is 0.247. The quantitative estimate of drug-likeness (QED) is 0.396. The Kier molecular flexibility index (Phi) is 6.14. The molecule has 132 valence electrons. The summed E-state index contributed by atoms with van der Waals surface area (Å²) in [7, 11) is 0. The minimum atomic E-state index is -0.601. The molecule has 0 radical (unpaired) electrons. The molecule has 0 bridgehead atoms. The van der Waals surface area contributed by atoms with Gasteiger partial charge in [0.15, 0.2) is 5.78 Å². The summed E-state index contributed by atoms with van der Waals surface area (Å²) >= 11 is 6.63. The van der Waals surface area contributed by atoms with E-state index in [1.165, 1.54) is 11.8 Å². The Morgan fingerprint density at radius 2 is 2.08 bits per heavy atom. The topological polar surface area (TPSA) is 72.2 Å². The summed E-state index contributed by atoms with van der Waals surface area (Å²) in [6, 6.07) is 12.5. The second kappa shape index (κ2) is 8.73. The van der Waals surface area contributed by atoms with Gasteiger partial charge in [-0.05, 0) is 23.8 Å². The first-order valence-electron chi connectivity index (χ1n) is 7.99. The average molecular weight is 384 g/mol. The first-order valence-corrected chi connectivity index (χ1v) is 9.38. The number of benzene rings is 1. The van der Waals surface area contributed by atoms with E-state index in [2.05, 4.69) is 10.3 Å². The molecule has 5 nitrogen and oxygen atoms in total. The molecule has 2 aromatic heterocycles. The summed E-state index contributed by atoms with van der Waals surface area (Å²) in [6.45, 7) is 0.585. The zero-order valence-electron chi connectivity index (χ0n) is 13.8. The molecule has 0 unspecified atom stereocenters. The predicted octanol–water partition coefficient (Wildman–Crippen LogP) is 3.57. The molecule has 0 atom stereocenters. The van der Waals surface area contributed by atoms with Gasteiger partial charge in [-0.3, -0.25) is 9.78 Å². The number of nitrogens with zero attached hydrogens (tertiary/aromatic N) is 1. The molecular formula is C19H16N2O3S2. The third-order valence-electron chi connectivity index (χ3n) is 3.66. The second-order valence-corrected chi connectivity index (χ2v) is 7.28. The lowest BCUT2D eigenvalue weighted by Gasteiger charge is -2.07. The first-order chi connectivity index (χ1) is 12.6. The molecule has 0 spiro atoms. The number of ketones is 1. The number of para-hydroxylation sites is 1. The van der Waals surface area contributed by atoms with Crippen molar-refractivity contribution in [3.8, 4) is 0 Å². The van der Waals surface area contributed by atoms with Crippen molar-refractivity contribution < 1.29 is 9.21 Å². The van der Waals surface area contributed by atoms with Crippen LogP contribution in [0.2, 0.25) is 0 Å². The van der Waals surface area contributed by atoms with Crippen molar-refractivity contribution in [3.63, 3.8) is 0 Å². The Morgan fingerprint density at radius 1 is 1.23 bits per heavy atom. The fourth-order valence-electron chi connectivity index (χ4n) is 2.36. The van der Waals surface area contributed by atoms with Gasteiger partial charge in [0.1, 0.15) is 15.5 Å². The molecule has 1 aromatic carbocycles. The van der Waals surface area contributed by atoms with E-state index >= 15 is 0 Å². The van der Waals surface area contributed by atoms with Crippen molar-refractivity contribution in [1.82, 2.24) is 10.3 Å². The molecule has 7 heteroatoms. The number of carbonyl (C=O) groups is 1. The minimum Gasteiger partial charge on any atom is -0.422 e. The number of pyridine rings is 1. The van der Waals surface area contributed by atoms with E-state index in [1.807, 2.05) is 18.2 Å².